The third-order valence-electron chi connectivity index (χ3n) is 3.73. The molecule has 0 spiro atoms. The minimum Gasteiger partial charge on any atom is -0.354 e. The van der Waals surface area contributed by atoms with Gasteiger partial charge in [-0.2, -0.15) is 4.98 Å². The van der Waals surface area contributed by atoms with Gasteiger partial charge in [0, 0.05) is 18.7 Å². The van der Waals surface area contributed by atoms with E-state index in [1.165, 1.54) is 4.90 Å². The number of hydrogen-bond donors (Lipinski definition) is 2. The molecule has 3 amide bonds. The molecule has 0 unspecified atom stereocenters. The molecule has 0 bridgehead atoms. The van der Waals surface area contributed by atoms with Crippen LogP contribution in [-0.2, 0) is 4.79 Å². The third-order valence-corrected chi connectivity index (χ3v) is 3.73. The Morgan fingerprint density at radius 1 is 1.38 bits per heavy atom. The molecule has 1 fully saturated rings. The quantitative estimate of drug-likeness (QED) is 0.885. The van der Waals surface area contributed by atoms with E-state index in [9.17, 15) is 9.59 Å². The Balaban J connectivity index is 1.64. The van der Waals surface area contributed by atoms with Crippen molar-refractivity contribution in [2.45, 2.75) is 19.4 Å². The molecule has 3 rings (SSSR count). The van der Waals surface area contributed by atoms with E-state index in [0.29, 0.717) is 24.8 Å². The Kier molecular flexibility index (Phi) is 4.74. The van der Waals surface area contributed by atoms with Crippen molar-refractivity contribution >= 4 is 11.9 Å². The van der Waals surface area contributed by atoms with Crippen molar-refractivity contribution < 1.29 is 14.1 Å². The molecule has 1 aromatic carbocycles. The SMILES string of the molecule is C[C@@H](NC(=O)N1CCCNC(=O)C1)c1nc(-c2ccccc2)no1. The van der Waals surface area contributed by atoms with Crippen LogP contribution in [0.4, 0.5) is 4.79 Å². The van der Waals surface area contributed by atoms with Gasteiger partial charge in [-0.1, -0.05) is 35.5 Å². The molecular weight excluding hydrogens is 310 g/mol. The highest BCUT2D eigenvalue weighted by Gasteiger charge is 2.23. The van der Waals surface area contributed by atoms with Crippen molar-refractivity contribution in [3.8, 4) is 11.4 Å². The molecule has 0 radical (unpaired) electrons. The normalized spacial score (nSPS) is 16.2. The number of aromatic nitrogens is 2. The molecule has 2 N–H and O–H groups in total. The molecule has 1 aliphatic rings. The maximum Gasteiger partial charge on any atom is 0.318 e. The summed E-state index contributed by atoms with van der Waals surface area (Å²) in [6, 6.07) is 8.68. The molecular formula is C16H19N5O3. The Morgan fingerprint density at radius 3 is 2.96 bits per heavy atom. The van der Waals surface area contributed by atoms with Gasteiger partial charge in [-0.15, -0.1) is 0 Å². The summed E-state index contributed by atoms with van der Waals surface area (Å²) in [5, 5.41) is 9.46. The van der Waals surface area contributed by atoms with Crippen LogP contribution in [-0.4, -0.2) is 46.6 Å². The summed E-state index contributed by atoms with van der Waals surface area (Å²) in [6.07, 6.45) is 0.728. The number of carbonyl (C=O) groups is 2. The van der Waals surface area contributed by atoms with Gasteiger partial charge >= 0.3 is 6.03 Å². The smallest absolute Gasteiger partial charge is 0.318 e. The lowest BCUT2D eigenvalue weighted by atomic mass is 10.2. The average Bonchev–Trinajstić information content (AvgIpc) is 2.98. The van der Waals surface area contributed by atoms with Crippen LogP contribution < -0.4 is 10.6 Å². The Labute approximate surface area is 139 Å². The Hall–Kier alpha value is -2.90. The van der Waals surface area contributed by atoms with Gasteiger partial charge < -0.3 is 20.1 Å². The van der Waals surface area contributed by atoms with Gasteiger partial charge in [0.15, 0.2) is 0 Å². The van der Waals surface area contributed by atoms with Crippen LogP contribution in [0.15, 0.2) is 34.9 Å². The first-order chi connectivity index (χ1) is 11.6. The van der Waals surface area contributed by atoms with Crippen LogP contribution in [0.3, 0.4) is 0 Å². The van der Waals surface area contributed by atoms with E-state index in [0.717, 1.165) is 12.0 Å². The van der Waals surface area contributed by atoms with Gasteiger partial charge in [-0.25, -0.2) is 4.79 Å². The van der Waals surface area contributed by atoms with Crippen LogP contribution in [0.1, 0.15) is 25.3 Å². The van der Waals surface area contributed by atoms with Gasteiger partial charge in [0.1, 0.15) is 12.6 Å². The van der Waals surface area contributed by atoms with Gasteiger partial charge in [0.2, 0.25) is 17.6 Å². The monoisotopic (exact) mass is 329 g/mol. The summed E-state index contributed by atoms with van der Waals surface area (Å²) < 4.78 is 5.24. The highest BCUT2D eigenvalue weighted by Crippen LogP contribution is 2.18. The third kappa shape index (κ3) is 3.70. The van der Waals surface area contributed by atoms with Gasteiger partial charge in [-0.05, 0) is 13.3 Å². The molecule has 24 heavy (non-hydrogen) atoms. The number of carbonyl (C=O) groups excluding carboxylic acids is 2. The van der Waals surface area contributed by atoms with Crippen molar-refractivity contribution in [1.29, 1.82) is 0 Å². The van der Waals surface area contributed by atoms with Crippen LogP contribution in [0, 0.1) is 0 Å². The van der Waals surface area contributed by atoms with Gasteiger partial charge in [0.25, 0.3) is 0 Å². The number of benzene rings is 1. The zero-order valence-electron chi connectivity index (χ0n) is 13.4. The summed E-state index contributed by atoms with van der Waals surface area (Å²) in [5.74, 6) is 0.641. The van der Waals surface area contributed by atoms with E-state index in [4.69, 9.17) is 4.52 Å². The average molecular weight is 329 g/mol. The second-order valence-electron chi connectivity index (χ2n) is 5.62. The van der Waals surface area contributed by atoms with Gasteiger partial charge in [0.05, 0.1) is 0 Å². The minimum atomic E-state index is -0.450. The number of rotatable bonds is 3. The largest absolute Gasteiger partial charge is 0.354 e. The van der Waals surface area contributed by atoms with E-state index >= 15 is 0 Å². The predicted molar refractivity (Wildman–Crippen MR) is 85.9 cm³/mol. The first-order valence-corrected chi connectivity index (χ1v) is 7.84. The molecule has 1 aromatic heterocycles. The molecule has 8 nitrogen and oxygen atoms in total. The molecule has 126 valence electrons. The Bertz CT molecular complexity index is 716. The van der Waals surface area contributed by atoms with E-state index < -0.39 is 6.04 Å². The molecule has 2 aromatic rings. The second kappa shape index (κ2) is 7.12. The fourth-order valence-corrected chi connectivity index (χ4v) is 2.43. The fourth-order valence-electron chi connectivity index (χ4n) is 2.43. The first-order valence-electron chi connectivity index (χ1n) is 7.84. The van der Waals surface area contributed by atoms with E-state index in [1.807, 2.05) is 30.3 Å². The van der Waals surface area contributed by atoms with Gasteiger partial charge in [-0.3, -0.25) is 4.79 Å². The summed E-state index contributed by atoms with van der Waals surface area (Å²) in [4.78, 5) is 29.6. The molecule has 0 aliphatic carbocycles. The minimum absolute atomic E-state index is 0.0532. The van der Waals surface area contributed by atoms with Crippen LogP contribution in [0.5, 0.6) is 0 Å². The van der Waals surface area contributed by atoms with Crippen molar-refractivity contribution in [2.24, 2.45) is 0 Å². The molecule has 0 saturated carbocycles. The molecule has 1 saturated heterocycles. The topological polar surface area (TPSA) is 100 Å². The van der Waals surface area contributed by atoms with Crippen molar-refractivity contribution in [3.05, 3.63) is 36.2 Å². The predicted octanol–water partition coefficient (Wildman–Crippen LogP) is 1.33. The number of amides is 3. The standard InChI is InChI=1S/C16H19N5O3/c1-11(18-16(23)21-9-5-8-17-13(22)10-21)15-19-14(20-24-15)12-6-3-2-4-7-12/h2-4,6-7,11H,5,8-10H2,1H3,(H,17,22)(H,18,23)/t11-/m1/s1. The fraction of sp³-hybridized carbons (Fsp3) is 0.375. The van der Waals surface area contributed by atoms with E-state index in [-0.39, 0.29) is 18.5 Å². The number of urea groups is 1. The first kappa shape index (κ1) is 16.0. The summed E-state index contributed by atoms with van der Waals surface area (Å²) in [7, 11) is 0. The molecule has 1 atom stereocenters. The highest BCUT2D eigenvalue weighted by atomic mass is 16.5. The van der Waals surface area contributed by atoms with Crippen molar-refractivity contribution in [2.75, 3.05) is 19.6 Å². The summed E-state index contributed by atoms with van der Waals surface area (Å²) in [5.41, 5.74) is 0.843. The lowest BCUT2D eigenvalue weighted by Crippen LogP contribution is -2.44. The number of nitrogens with zero attached hydrogens (tertiary/aromatic N) is 3. The lowest BCUT2D eigenvalue weighted by Gasteiger charge is -2.21. The van der Waals surface area contributed by atoms with E-state index in [2.05, 4.69) is 20.8 Å². The molecule has 1 aliphatic heterocycles. The second-order valence-corrected chi connectivity index (χ2v) is 5.62. The summed E-state index contributed by atoms with van der Waals surface area (Å²) >= 11 is 0. The van der Waals surface area contributed by atoms with E-state index in [1.54, 1.807) is 6.92 Å². The lowest BCUT2D eigenvalue weighted by molar-refractivity contribution is -0.121. The summed E-state index contributed by atoms with van der Waals surface area (Å²) in [6.45, 7) is 2.92. The highest BCUT2D eigenvalue weighted by molar-refractivity contribution is 5.84. The van der Waals surface area contributed by atoms with Crippen molar-refractivity contribution in [1.82, 2.24) is 25.7 Å². The van der Waals surface area contributed by atoms with Crippen LogP contribution in [0.25, 0.3) is 11.4 Å². The maximum atomic E-state index is 12.3. The maximum absolute atomic E-state index is 12.3. The zero-order chi connectivity index (χ0) is 16.9. The molecule has 2 heterocycles. The van der Waals surface area contributed by atoms with Crippen LogP contribution in [0.2, 0.25) is 0 Å². The van der Waals surface area contributed by atoms with Crippen LogP contribution >= 0.6 is 0 Å². The zero-order valence-corrected chi connectivity index (χ0v) is 13.4. The van der Waals surface area contributed by atoms with Crippen molar-refractivity contribution in [3.63, 3.8) is 0 Å². The Morgan fingerprint density at radius 2 is 2.17 bits per heavy atom. The number of nitrogens with one attached hydrogen (secondary N) is 2. The molecule has 8 heteroatoms. The number of hydrogen-bond acceptors (Lipinski definition) is 5.